The highest BCUT2D eigenvalue weighted by Gasteiger charge is 2.26. The van der Waals surface area contributed by atoms with Crippen LogP contribution in [-0.2, 0) is 0 Å². The summed E-state index contributed by atoms with van der Waals surface area (Å²) in [5.74, 6) is -0.0916. The molecule has 0 spiro atoms. The van der Waals surface area contributed by atoms with E-state index in [9.17, 15) is 4.79 Å². The molecule has 0 atom stereocenters. The minimum atomic E-state index is -0.0916. The highest BCUT2D eigenvalue weighted by atomic mass is 16.2. The van der Waals surface area contributed by atoms with Crippen molar-refractivity contribution in [3.63, 3.8) is 0 Å². The molecule has 1 aromatic heterocycles. The van der Waals surface area contributed by atoms with Gasteiger partial charge in [0.25, 0.3) is 5.91 Å². The number of carbonyl (C=O) groups excluding carboxylic acids is 1. The Labute approximate surface area is 113 Å². The minimum absolute atomic E-state index is 0.0916. The standard InChI is InChI=1S/C14H22N4O/c1-9-11(15)12(17-16-9)13(19)18-7-5-10(6-8-18)14(2,3)4/h5H,6-8,15H2,1-4H3,(H,16,17). The van der Waals surface area contributed by atoms with Gasteiger partial charge in [-0.2, -0.15) is 5.10 Å². The molecule has 1 amide bonds. The summed E-state index contributed by atoms with van der Waals surface area (Å²) >= 11 is 0. The summed E-state index contributed by atoms with van der Waals surface area (Å²) in [5, 5.41) is 6.75. The molecule has 5 nitrogen and oxygen atoms in total. The van der Waals surface area contributed by atoms with Crippen LogP contribution in [0.25, 0.3) is 0 Å². The highest BCUT2D eigenvalue weighted by Crippen LogP contribution is 2.30. The van der Waals surface area contributed by atoms with Crippen LogP contribution in [0.15, 0.2) is 11.6 Å². The van der Waals surface area contributed by atoms with E-state index in [1.165, 1.54) is 5.57 Å². The normalized spacial score (nSPS) is 16.4. The maximum Gasteiger partial charge on any atom is 0.276 e. The van der Waals surface area contributed by atoms with E-state index in [0.29, 0.717) is 17.9 Å². The van der Waals surface area contributed by atoms with Crippen molar-refractivity contribution in [3.05, 3.63) is 23.0 Å². The maximum atomic E-state index is 12.3. The van der Waals surface area contributed by atoms with Crippen LogP contribution in [0.5, 0.6) is 0 Å². The van der Waals surface area contributed by atoms with Gasteiger partial charge in [-0.05, 0) is 18.8 Å². The molecule has 0 saturated heterocycles. The van der Waals surface area contributed by atoms with Crippen molar-refractivity contribution in [3.8, 4) is 0 Å². The number of nitrogen functional groups attached to an aromatic ring is 1. The summed E-state index contributed by atoms with van der Waals surface area (Å²) in [6.07, 6.45) is 3.07. The topological polar surface area (TPSA) is 75.0 Å². The Balaban J connectivity index is 2.12. The maximum absolute atomic E-state index is 12.3. The molecular formula is C14H22N4O. The third kappa shape index (κ3) is 2.64. The van der Waals surface area contributed by atoms with Gasteiger partial charge in [0.1, 0.15) is 0 Å². The number of aromatic amines is 1. The van der Waals surface area contributed by atoms with E-state index in [4.69, 9.17) is 5.73 Å². The van der Waals surface area contributed by atoms with Crippen LogP contribution < -0.4 is 5.73 Å². The van der Waals surface area contributed by atoms with E-state index in [1.54, 1.807) is 4.90 Å². The van der Waals surface area contributed by atoms with Crippen LogP contribution in [0.2, 0.25) is 0 Å². The fraction of sp³-hybridized carbons (Fsp3) is 0.571. The van der Waals surface area contributed by atoms with Gasteiger partial charge in [0.15, 0.2) is 5.69 Å². The third-order valence-electron chi connectivity index (χ3n) is 3.66. The zero-order valence-corrected chi connectivity index (χ0v) is 12.1. The van der Waals surface area contributed by atoms with Crippen molar-refractivity contribution < 1.29 is 4.79 Å². The molecule has 19 heavy (non-hydrogen) atoms. The van der Waals surface area contributed by atoms with Crippen LogP contribution in [0.3, 0.4) is 0 Å². The first-order valence-electron chi connectivity index (χ1n) is 6.60. The van der Waals surface area contributed by atoms with Gasteiger partial charge in [0.2, 0.25) is 0 Å². The van der Waals surface area contributed by atoms with Crippen molar-refractivity contribution in [2.24, 2.45) is 5.41 Å². The SMILES string of the molecule is Cc1[nH]nc(C(=O)N2CC=C(C(C)(C)C)CC2)c1N. The molecule has 1 aliphatic heterocycles. The molecule has 0 fully saturated rings. The zero-order chi connectivity index (χ0) is 14.2. The van der Waals surface area contributed by atoms with Gasteiger partial charge in [0.05, 0.1) is 11.4 Å². The fourth-order valence-corrected chi connectivity index (χ4v) is 2.29. The first kappa shape index (κ1) is 13.6. The number of aromatic nitrogens is 2. The Morgan fingerprint density at radius 3 is 2.58 bits per heavy atom. The monoisotopic (exact) mass is 262 g/mol. The van der Waals surface area contributed by atoms with E-state index < -0.39 is 0 Å². The molecule has 1 aromatic rings. The summed E-state index contributed by atoms with van der Waals surface area (Å²) < 4.78 is 0. The number of anilines is 1. The Kier molecular flexibility index (Phi) is 3.39. The average Bonchev–Trinajstić information content (AvgIpc) is 2.68. The van der Waals surface area contributed by atoms with Crippen LogP contribution in [0, 0.1) is 12.3 Å². The quantitative estimate of drug-likeness (QED) is 0.761. The number of H-pyrrole nitrogens is 1. The van der Waals surface area contributed by atoms with Crippen molar-refractivity contribution in [2.75, 3.05) is 18.8 Å². The Bertz CT molecular complexity index is 522. The van der Waals surface area contributed by atoms with Gasteiger partial charge in [0, 0.05) is 13.1 Å². The molecule has 104 valence electrons. The van der Waals surface area contributed by atoms with Gasteiger partial charge in [-0.25, -0.2) is 0 Å². The van der Waals surface area contributed by atoms with Gasteiger partial charge < -0.3 is 10.6 Å². The molecule has 0 radical (unpaired) electrons. The second kappa shape index (κ2) is 4.72. The highest BCUT2D eigenvalue weighted by molar-refractivity contribution is 5.97. The molecule has 3 N–H and O–H groups in total. The number of nitrogens with one attached hydrogen (secondary N) is 1. The lowest BCUT2D eigenvalue weighted by atomic mass is 9.83. The van der Waals surface area contributed by atoms with E-state index in [2.05, 4.69) is 37.0 Å². The predicted molar refractivity (Wildman–Crippen MR) is 75.8 cm³/mol. The van der Waals surface area contributed by atoms with E-state index in [0.717, 1.165) is 18.7 Å². The first-order valence-corrected chi connectivity index (χ1v) is 6.60. The van der Waals surface area contributed by atoms with Crippen LogP contribution >= 0.6 is 0 Å². The molecule has 0 aliphatic carbocycles. The molecule has 1 aliphatic rings. The summed E-state index contributed by atoms with van der Waals surface area (Å²) in [4.78, 5) is 14.1. The number of hydrogen-bond acceptors (Lipinski definition) is 3. The molecule has 2 rings (SSSR count). The number of rotatable bonds is 1. The lowest BCUT2D eigenvalue weighted by Gasteiger charge is -2.31. The lowest BCUT2D eigenvalue weighted by Crippen LogP contribution is -2.36. The second-order valence-electron chi connectivity index (χ2n) is 6.09. The number of carbonyl (C=O) groups is 1. The lowest BCUT2D eigenvalue weighted by molar-refractivity contribution is 0.0760. The Morgan fingerprint density at radius 2 is 2.16 bits per heavy atom. The average molecular weight is 262 g/mol. The van der Waals surface area contributed by atoms with Crippen molar-refractivity contribution in [1.29, 1.82) is 0 Å². The van der Waals surface area contributed by atoms with E-state index in [-0.39, 0.29) is 11.3 Å². The molecular weight excluding hydrogens is 240 g/mol. The second-order valence-corrected chi connectivity index (χ2v) is 6.09. The summed E-state index contributed by atoms with van der Waals surface area (Å²) in [6.45, 7) is 9.78. The van der Waals surface area contributed by atoms with E-state index in [1.807, 2.05) is 6.92 Å². The summed E-state index contributed by atoms with van der Waals surface area (Å²) in [5.41, 5.74) is 8.97. The zero-order valence-electron chi connectivity index (χ0n) is 12.1. The third-order valence-corrected chi connectivity index (χ3v) is 3.66. The smallest absolute Gasteiger partial charge is 0.276 e. The van der Waals surface area contributed by atoms with Gasteiger partial charge in [-0.3, -0.25) is 9.89 Å². The van der Waals surface area contributed by atoms with Crippen LogP contribution in [0.4, 0.5) is 5.69 Å². The van der Waals surface area contributed by atoms with Crippen molar-refractivity contribution >= 4 is 11.6 Å². The van der Waals surface area contributed by atoms with Crippen molar-refractivity contribution in [2.45, 2.75) is 34.1 Å². The minimum Gasteiger partial charge on any atom is -0.395 e. The molecule has 0 aromatic carbocycles. The van der Waals surface area contributed by atoms with Crippen LogP contribution in [-0.4, -0.2) is 34.1 Å². The molecule has 2 heterocycles. The molecule has 0 unspecified atom stereocenters. The first-order chi connectivity index (χ1) is 8.80. The molecule has 5 heteroatoms. The number of hydrogen-bond donors (Lipinski definition) is 2. The van der Waals surface area contributed by atoms with Gasteiger partial charge in [-0.1, -0.05) is 32.4 Å². The molecule has 0 bridgehead atoms. The summed E-state index contributed by atoms with van der Waals surface area (Å²) in [6, 6.07) is 0. The van der Waals surface area contributed by atoms with Crippen LogP contribution in [0.1, 0.15) is 43.4 Å². The number of nitrogens with zero attached hydrogens (tertiary/aromatic N) is 2. The van der Waals surface area contributed by atoms with Crippen molar-refractivity contribution in [1.82, 2.24) is 15.1 Å². The van der Waals surface area contributed by atoms with Gasteiger partial charge >= 0.3 is 0 Å². The number of nitrogens with two attached hydrogens (primary N) is 1. The molecule has 0 saturated carbocycles. The fourth-order valence-electron chi connectivity index (χ4n) is 2.29. The number of aryl methyl sites for hydroxylation is 1. The van der Waals surface area contributed by atoms with E-state index >= 15 is 0 Å². The number of amides is 1. The summed E-state index contributed by atoms with van der Waals surface area (Å²) in [7, 11) is 0. The Morgan fingerprint density at radius 1 is 1.47 bits per heavy atom. The largest absolute Gasteiger partial charge is 0.395 e. The van der Waals surface area contributed by atoms with Gasteiger partial charge in [-0.15, -0.1) is 0 Å². The Hall–Kier alpha value is -1.78. The predicted octanol–water partition coefficient (Wildman–Crippen LogP) is 2.12.